The van der Waals surface area contributed by atoms with Gasteiger partial charge in [0.15, 0.2) is 5.65 Å². The Morgan fingerprint density at radius 2 is 1.88 bits per heavy atom. The summed E-state index contributed by atoms with van der Waals surface area (Å²) < 4.78 is 20.1. The minimum atomic E-state index is -0.297. The van der Waals surface area contributed by atoms with E-state index in [0.29, 0.717) is 17.2 Å². The Morgan fingerprint density at radius 1 is 1.04 bits per heavy atom. The number of aromatic nitrogens is 5. The molecule has 0 aliphatic rings. The van der Waals surface area contributed by atoms with Crippen LogP contribution in [-0.2, 0) is 0 Å². The van der Waals surface area contributed by atoms with Crippen molar-refractivity contribution in [3.8, 4) is 28.3 Å². The summed E-state index contributed by atoms with van der Waals surface area (Å²) in [5.74, 6) is 0.190. The third-order valence-electron chi connectivity index (χ3n) is 3.66. The van der Waals surface area contributed by atoms with Crippen LogP contribution in [0.5, 0.6) is 5.88 Å². The lowest BCUT2D eigenvalue weighted by molar-refractivity contribution is 0.398. The van der Waals surface area contributed by atoms with E-state index in [2.05, 4.69) is 20.3 Å². The van der Waals surface area contributed by atoms with Crippen molar-refractivity contribution < 1.29 is 9.13 Å². The summed E-state index contributed by atoms with van der Waals surface area (Å²) >= 11 is 0. The third-order valence-corrected chi connectivity index (χ3v) is 3.66. The summed E-state index contributed by atoms with van der Waals surface area (Å²) in [7, 11) is 1.56. The molecule has 3 aromatic heterocycles. The number of hydrogen-bond acceptors (Lipinski definition) is 5. The zero-order valence-corrected chi connectivity index (χ0v) is 12.7. The maximum absolute atomic E-state index is 13.3. The van der Waals surface area contributed by atoms with Crippen molar-refractivity contribution in [1.29, 1.82) is 0 Å². The SMILES string of the molecule is COc1cc(-c2c(-c3ccc(F)cc3)nn3ccnnc23)ccn1. The first-order valence-electron chi connectivity index (χ1n) is 7.22. The molecule has 7 heteroatoms. The van der Waals surface area contributed by atoms with Gasteiger partial charge in [0.05, 0.1) is 25.1 Å². The number of benzene rings is 1. The zero-order valence-electron chi connectivity index (χ0n) is 12.7. The van der Waals surface area contributed by atoms with Gasteiger partial charge in [-0.05, 0) is 35.9 Å². The van der Waals surface area contributed by atoms with E-state index in [-0.39, 0.29) is 5.82 Å². The molecule has 0 fully saturated rings. The molecule has 1 aromatic carbocycles. The minimum Gasteiger partial charge on any atom is -0.481 e. The van der Waals surface area contributed by atoms with Gasteiger partial charge in [0, 0.05) is 17.8 Å². The predicted octanol–water partition coefficient (Wildman–Crippen LogP) is 3.00. The Hall–Kier alpha value is -3.35. The van der Waals surface area contributed by atoms with Crippen LogP contribution in [0, 0.1) is 5.82 Å². The van der Waals surface area contributed by atoms with Crippen molar-refractivity contribution >= 4 is 5.65 Å². The molecule has 0 radical (unpaired) electrons. The molecule has 0 saturated carbocycles. The Kier molecular flexibility index (Phi) is 3.38. The summed E-state index contributed by atoms with van der Waals surface area (Å²) in [5.41, 5.74) is 3.70. The van der Waals surface area contributed by atoms with Gasteiger partial charge in [-0.25, -0.2) is 13.9 Å². The molecule has 0 atom stereocenters. The number of nitrogens with zero attached hydrogens (tertiary/aromatic N) is 5. The molecule has 24 heavy (non-hydrogen) atoms. The second-order valence-corrected chi connectivity index (χ2v) is 5.10. The highest BCUT2D eigenvalue weighted by Crippen LogP contribution is 2.34. The second kappa shape index (κ2) is 5.69. The number of methoxy groups -OCH3 is 1. The molecule has 0 aliphatic heterocycles. The molecule has 0 N–H and O–H groups in total. The van der Waals surface area contributed by atoms with Crippen LogP contribution in [0.1, 0.15) is 0 Å². The highest BCUT2D eigenvalue weighted by molar-refractivity contribution is 5.90. The van der Waals surface area contributed by atoms with Crippen molar-refractivity contribution in [1.82, 2.24) is 24.8 Å². The van der Waals surface area contributed by atoms with Gasteiger partial charge in [-0.3, -0.25) is 0 Å². The first-order chi connectivity index (χ1) is 11.8. The van der Waals surface area contributed by atoms with Gasteiger partial charge in [-0.1, -0.05) is 0 Å². The van der Waals surface area contributed by atoms with Gasteiger partial charge < -0.3 is 4.74 Å². The van der Waals surface area contributed by atoms with Gasteiger partial charge in [0.2, 0.25) is 5.88 Å². The Morgan fingerprint density at radius 3 is 2.67 bits per heavy atom. The molecule has 4 rings (SSSR count). The monoisotopic (exact) mass is 321 g/mol. The first kappa shape index (κ1) is 14.3. The van der Waals surface area contributed by atoms with E-state index in [1.807, 2.05) is 6.07 Å². The van der Waals surface area contributed by atoms with Crippen LogP contribution >= 0.6 is 0 Å². The zero-order chi connectivity index (χ0) is 16.5. The maximum Gasteiger partial charge on any atom is 0.213 e. The summed E-state index contributed by atoms with van der Waals surface area (Å²) in [6.07, 6.45) is 4.94. The topological polar surface area (TPSA) is 65.2 Å². The minimum absolute atomic E-state index is 0.297. The molecule has 6 nitrogen and oxygen atoms in total. The molecule has 0 bridgehead atoms. The number of pyridine rings is 1. The van der Waals surface area contributed by atoms with Gasteiger partial charge in [-0.2, -0.15) is 10.2 Å². The van der Waals surface area contributed by atoms with Crippen LogP contribution in [0.4, 0.5) is 4.39 Å². The van der Waals surface area contributed by atoms with Crippen molar-refractivity contribution in [3.05, 3.63) is 60.8 Å². The number of rotatable bonds is 3. The standard InChI is InChI=1S/C17H12FN5O/c1-24-14-10-12(6-7-19-14)15-16(11-2-4-13(18)5-3-11)22-23-9-8-20-21-17(15)23/h2-10H,1H3. The number of hydrogen-bond donors (Lipinski definition) is 0. The van der Waals surface area contributed by atoms with Gasteiger partial charge in [-0.15, -0.1) is 5.10 Å². The fourth-order valence-corrected chi connectivity index (χ4v) is 2.56. The van der Waals surface area contributed by atoms with E-state index in [1.54, 1.807) is 48.4 Å². The molecule has 0 aliphatic carbocycles. The van der Waals surface area contributed by atoms with E-state index in [1.165, 1.54) is 12.1 Å². The van der Waals surface area contributed by atoms with E-state index in [9.17, 15) is 4.39 Å². The van der Waals surface area contributed by atoms with E-state index < -0.39 is 0 Å². The number of fused-ring (bicyclic) bond motifs is 1. The van der Waals surface area contributed by atoms with Crippen LogP contribution in [0.3, 0.4) is 0 Å². The molecular weight excluding hydrogens is 309 g/mol. The van der Waals surface area contributed by atoms with E-state index in [0.717, 1.165) is 16.7 Å². The summed E-state index contributed by atoms with van der Waals surface area (Å²) in [6, 6.07) is 9.84. The van der Waals surface area contributed by atoms with Crippen LogP contribution < -0.4 is 4.74 Å². The Bertz CT molecular complexity index is 1010. The lowest BCUT2D eigenvalue weighted by Crippen LogP contribution is -1.91. The van der Waals surface area contributed by atoms with Crippen molar-refractivity contribution in [3.63, 3.8) is 0 Å². The average Bonchev–Trinajstić information content (AvgIpc) is 3.02. The quantitative estimate of drug-likeness (QED) is 0.580. The van der Waals surface area contributed by atoms with Crippen LogP contribution in [-0.4, -0.2) is 31.9 Å². The van der Waals surface area contributed by atoms with Crippen LogP contribution in [0.25, 0.3) is 28.0 Å². The van der Waals surface area contributed by atoms with Gasteiger partial charge in [0.25, 0.3) is 0 Å². The Labute approximate surface area is 136 Å². The smallest absolute Gasteiger partial charge is 0.213 e. The molecule has 0 amide bonds. The fourth-order valence-electron chi connectivity index (χ4n) is 2.56. The molecule has 0 unspecified atom stereocenters. The fraction of sp³-hybridized carbons (Fsp3) is 0.0588. The normalized spacial score (nSPS) is 10.9. The van der Waals surface area contributed by atoms with Crippen molar-refractivity contribution in [2.45, 2.75) is 0 Å². The number of ether oxygens (including phenoxy) is 1. The molecule has 0 saturated heterocycles. The molecule has 3 heterocycles. The number of halogens is 1. The summed E-state index contributed by atoms with van der Waals surface area (Å²) in [6.45, 7) is 0. The molecule has 118 valence electrons. The lowest BCUT2D eigenvalue weighted by atomic mass is 10.0. The lowest BCUT2D eigenvalue weighted by Gasteiger charge is -2.05. The Balaban J connectivity index is 2.01. The first-order valence-corrected chi connectivity index (χ1v) is 7.22. The van der Waals surface area contributed by atoms with Crippen LogP contribution in [0.2, 0.25) is 0 Å². The maximum atomic E-state index is 13.3. The highest BCUT2D eigenvalue weighted by Gasteiger charge is 2.18. The average molecular weight is 321 g/mol. The van der Waals surface area contributed by atoms with Crippen molar-refractivity contribution in [2.75, 3.05) is 7.11 Å². The second-order valence-electron chi connectivity index (χ2n) is 5.10. The van der Waals surface area contributed by atoms with E-state index in [4.69, 9.17) is 4.74 Å². The third kappa shape index (κ3) is 2.36. The van der Waals surface area contributed by atoms with E-state index >= 15 is 0 Å². The molecule has 4 aromatic rings. The van der Waals surface area contributed by atoms with Gasteiger partial charge in [0.1, 0.15) is 11.5 Å². The van der Waals surface area contributed by atoms with Gasteiger partial charge >= 0.3 is 0 Å². The summed E-state index contributed by atoms with van der Waals surface area (Å²) in [5, 5.41) is 12.7. The van der Waals surface area contributed by atoms with Crippen molar-refractivity contribution in [2.24, 2.45) is 0 Å². The largest absolute Gasteiger partial charge is 0.481 e. The molecule has 0 spiro atoms. The van der Waals surface area contributed by atoms with Crippen LogP contribution in [0.15, 0.2) is 55.0 Å². The molecular formula is C17H12FN5O. The summed E-state index contributed by atoms with van der Waals surface area (Å²) in [4.78, 5) is 4.13. The predicted molar refractivity (Wildman–Crippen MR) is 86.0 cm³/mol. The highest BCUT2D eigenvalue weighted by atomic mass is 19.1.